The van der Waals surface area contributed by atoms with E-state index in [1.807, 2.05) is 21.1 Å². The molecular weight excluding hydrogens is 983 g/mol. The predicted octanol–water partition coefficient (Wildman–Crippen LogP) is 19.5. The Labute approximate surface area is 485 Å². The first-order chi connectivity index (χ1) is 38.6. The zero-order valence-electron chi connectivity index (χ0n) is 51.5. The Morgan fingerprint density at radius 1 is 0.380 bits per heavy atom. The molecule has 0 saturated carbocycles. The van der Waals surface area contributed by atoms with E-state index in [0.717, 1.165) is 96.3 Å². The third-order valence-electron chi connectivity index (χ3n) is 13.5. The molecule has 0 heterocycles. The van der Waals surface area contributed by atoms with Crippen molar-refractivity contribution >= 4 is 17.9 Å². The zero-order valence-corrected chi connectivity index (χ0v) is 51.5. The van der Waals surface area contributed by atoms with E-state index < -0.39 is 24.3 Å². The SMILES string of the molecule is CC/C=C\C/C=C\C/C=C\C/C=C\C/C=C\CCCCCCCCCCCCCCCC(=O)OC(COC(=O)CCCCCCCCCCCCCC/C=C\C/C=C\C/C=C\C/C=C\CC)COC(OCC[N+](C)(C)C)C(=O)O. The van der Waals surface area contributed by atoms with Crippen molar-refractivity contribution in [2.24, 2.45) is 0 Å². The van der Waals surface area contributed by atoms with Gasteiger partial charge in [-0.3, -0.25) is 9.59 Å². The minimum atomic E-state index is -1.52. The van der Waals surface area contributed by atoms with Crippen molar-refractivity contribution in [1.82, 2.24) is 0 Å². The van der Waals surface area contributed by atoms with Gasteiger partial charge in [0.05, 0.1) is 34.4 Å². The van der Waals surface area contributed by atoms with Crippen LogP contribution in [0.15, 0.2) is 109 Å². The maximum Gasteiger partial charge on any atom is 0.361 e. The van der Waals surface area contributed by atoms with Crippen LogP contribution in [0.25, 0.3) is 0 Å². The first-order valence-electron chi connectivity index (χ1n) is 32.1. The molecule has 0 saturated heterocycles. The highest BCUT2D eigenvalue weighted by Gasteiger charge is 2.25. The molecule has 9 nitrogen and oxygen atoms in total. The minimum absolute atomic E-state index is 0.183. The quantitative estimate of drug-likeness (QED) is 0.0211. The smallest absolute Gasteiger partial charge is 0.361 e. The van der Waals surface area contributed by atoms with Gasteiger partial charge in [0.15, 0.2) is 6.10 Å². The summed E-state index contributed by atoms with van der Waals surface area (Å²) in [5, 5.41) is 9.73. The van der Waals surface area contributed by atoms with Crippen LogP contribution in [0.1, 0.15) is 258 Å². The summed E-state index contributed by atoms with van der Waals surface area (Å²) in [5.41, 5.74) is 0. The molecule has 1 N–H and O–H groups in total. The second kappa shape index (κ2) is 60.1. The number of likely N-dealkylation sites (N-methyl/N-ethyl adjacent to an activating group) is 1. The molecule has 0 spiro atoms. The summed E-state index contributed by atoms with van der Waals surface area (Å²) in [4.78, 5) is 37.6. The van der Waals surface area contributed by atoms with Crippen molar-refractivity contribution in [2.75, 3.05) is 47.5 Å². The van der Waals surface area contributed by atoms with Crippen LogP contribution in [-0.2, 0) is 33.3 Å². The Kier molecular flexibility index (Phi) is 57.0. The van der Waals surface area contributed by atoms with E-state index >= 15 is 0 Å². The lowest BCUT2D eigenvalue weighted by atomic mass is 10.0. The van der Waals surface area contributed by atoms with Crippen molar-refractivity contribution in [3.8, 4) is 0 Å². The van der Waals surface area contributed by atoms with E-state index in [1.165, 1.54) is 128 Å². The highest BCUT2D eigenvalue weighted by atomic mass is 16.7. The summed E-state index contributed by atoms with van der Waals surface area (Å²) in [6, 6.07) is 0. The Morgan fingerprint density at radius 2 is 0.684 bits per heavy atom. The lowest BCUT2D eigenvalue weighted by molar-refractivity contribution is -0.870. The number of ether oxygens (including phenoxy) is 4. The van der Waals surface area contributed by atoms with Gasteiger partial charge in [0, 0.05) is 12.8 Å². The number of esters is 2. The monoisotopic (exact) mass is 1100 g/mol. The minimum Gasteiger partial charge on any atom is -0.477 e. The van der Waals surface area contributed by atoms with Crippen molar-refractivity contribution < 1.29 is 42.9 Å². The molecule has 0 aromatic carbocycles. The number of carbonyl (C=O) groups excluding carboxylic acids is 2. The Balaban J connectivity index is 4.19. The number of rotatable bonds is 58. The number of aliphatic carboxylic acids is 1. The third kappa shape index (κ3) is 61.4. The van der Waals surface area contributed by atoms with Crippen LogP contribution in [0, 0.1) is 0 Å². The first kappa shape index (κ1) is 75.0. The van der Waals surface area contributed by atoms with Gasteiger partial charge in [0.2, 0.25) is 0 Å². The summed E-state index contributed by atoms with van der Waals surface area (Å²) >= 11 is 0. The molecule has 452 valence electrons. The van der Waals surface area contributed by atoms with Crippen LogP contribution in [0.5, 0.6) is 0 Å². The molecule has 0 aromatic rings. The van der Waals surface area contributed by atoms with E-state index in [9.17, 15) is 19.5 Å². The number of allylic oxidation sites excluding steroid dienone is 18. The molecule has 0 aliphatic rings. The molecular formula is C70H120NO8+. The average Bonchev–Trinajstić information content (AvgIpc) is 3.42. The summed E-state index contributed by atoms with van der Waals surface area (Å²) in [6.07, 6.45) is 80.3. The van der Waals surface area contributed by atoms with Crippen LogP contribution in [-0.4, -0.2) is 87.4 Å². The van der Waals surface area contributed by atoms with Gasteiger partial charge in [-0.15, -0.1) is 0 Å². The zero-order chi connectivity index (χ0) is 57.6. The van der Waals surface area contributed by atoms with Gasteiger partial charge in [-0.1, -0.05) is 258 Å². The summed E-state index contributed by atoms with van der Waals surface area (Å²) in [5.74, 6) is -2.01. The Bertz CT molecular complexity index is 1660. The van der Waals surface area contributed by atoms with E-state index in [2.05, 4.69) is 123 Å². The maximum absolute atomic E-state index is 12.9. The van der Waals surface area contributed by atoms with Gasteiger partial charge in [-0.2, -0.15) is 0 Å². The number of carboxylic acid groups (broad SMARTS) is 1. The fraction of sp³-hybridized carbons (Fsp3) is 0.700. The van der Waals surface area contributed by atoms with Crippen LogP contribution >= 0.6 is 0 Å². The van der Waals surface area contributed by atoms with E-state index in [1.54, 1.807) is 0 Å². The van der Waals surface area contributed by atoms with Crippen LogP contribution in [0.4, 0.5) is 0 Å². The molecule has 0 fully saturated rings. The number of hydrogen-bond acceptors (Lipinski definition) is 7. The van der Waals surface area contributed by atoms with E-state index in [0.29, 0.717) is 23.9 Å². The fourth-order valence-electron chi connectivity index (χ4n) is 8.68. The third-order valence-corrected chi connectivity index (χ3v) is 13.5. The Hall–Kier alpha value is -4.05. The predicted molar refractivity (Wildman–Crippen MR) is 336 cm³/mol. The van der Waals surface area contributed by atoms with Gasteiger partial charge in [0.1, 0.15) is 13.2 Å². The number of carboxylic acids is 1. The van der Waals surface area contributed by atoms with E-state index in [4.69, 9.17) is 18.9 Å². The highest BCUT2D eigenvalue weighted by molar-refractivity contribution is 5.71. The number of hydrogen-bond donors (Lipinski definition) is 1. The molecule has 79 heavy (non-hydrogen) atoms. The second-order valence-electron chi connectivity index (χ2n) is 22.3. The van der Waals surface area contributed by atoms with Crippen LogP contribution < -0.4 is 0 Å². The molecule has 0 aliphatic carbocycles. The van der Waals surface area contributed by atoms with Gasteiger partial charge in [0.25, 0.3) is 6.29 Å². The van der Waals surface area contributed by atoms with E-state index in [-0.39, 0.29) is 32.2 Å². The number of carbonyl (C=O) groups is 3. The molecule has 0 radical (unpaired) electrons. The largest absolute Gasteiger partial charge is 0.477 e. The topological polar surface area (TPSA) is 108 Å². The molecule has 2 unspecified atom stereocenters. The lowest BCUT2D eigenvalue weighted by Gasteiger charge is -2.25. The average molecular weight is 1100 g/mol. The molecule has 0 aromatic heterocycles. The standard InChI is InChI=1S/C70H119NO8/c1-6-8-10-12-14-16-18-20-22-24-26-28-30-32-33-34-35-37-39-41-43-45-47-49-51-53-55-57-59-61-68(73)79-66(65-78-70(69(74)75)76-63-62-71(3,4)5)64-77-67(72)60-58-56-54-52-50-48-46-44-42-40-38-36-31-29-27-25-23-21-19-17-15-13-11-9-7-2/h8-11,14-17,20-23,26-29,32-33,66,70H,6-7,12-13,18-19,24-25,30-31,34-65H2,1-5H3/p+1/b10-8-,11-9-,16-14-,17-15-,22-20-,23-21-,28-26-,29-27-,33-32-. The van der Waals surface area contributed by atoms with Gasteiger partial charge < -0.3 is 28.5 Å². The number of quaternary nitrogens is 1. The highest BCUT2D eigenvalue weighted by Crippen LogP contribution is 2.16. The summed E-state index contributed by atoms with van der Waals surface area (Å²) in [7, 11) is 5.97. The number of nitrogens with zero attached hydrogens (tertiary/aromatic N) is 1. The van der Waals surface area contributed by atoms with Crippen molar-refractivity contribution in [1.29, 1.82) is 0 Å². The van der Waals surface area contributed by atoms with Crippen molar-refractivity contribution in [2.45, 2.75) is 270 Å². The lowest BCUT2D eigenvalue weighted by Crippen LogP contribution is -2.40. The van der Waals surface area contributed by atoms with Gasteiger partial charge in [-0.05, 0) is 96.3 Å². The normalized spacial score (nSPS) is 13.5. The van der Waals surface area contributed by atoms with Crippen molar-refractivity contribution in [3.63, 3.8) is 0 Å². The molecule has 0 amide bonds. The maximum atomic E-state index is 12.9. The fourth-order valence-corrected chi connectivity index (χ4v) is 8.68. The first-order valence-corrected chi connectivity index (χ1v) is 32.1. The number of unbranched alkanes of at least 4 members (excludes halogenated alkanes) is 25. The summed E-state index contributed by atoms with van der Waals surface area (Å²) in [6.45, 7) is 4.66. The van der Waals surface area contributed by atoms with Crippen LogP contribution in [0.2, 0.25) is 0 Å². The molecule has 9 heteroatoms. The molecule has 0 bridgehead atoms. The Morgan fingerprint density at radius 3 is 1.01 bits per heavy atom. The molecule has 0 rings (SSSR count). The van der Waals surface area contributed by atoms with Gasteiger partial charge in [-0.25, -0.2) is 4.79 Å². The molecule has 2 atom stereocenters. The second-order valence-corrected chi connectivity index (χ2v) is 22.3. The van der Waals surface area contributed by atoms with Crippen molar-refractivity contribution in [3.05, 3.63) is 109 Å². The van der Waals surface area contributed by atoms with Crippen LogP contribution in [0.3, 0.4) is 0 Å². The summed E-state index contributed by atoms with van der Waals surface area (Å²) < 4.78 is 22.9. The van der Waals surface area contributed by atoms with Gasteiger partial charge >= 0.3 is 17.9 Å². The molecule has 0 aliphatic heterocycles.